The van der Waals surface area contributed by atoms with Gasteiger partial charge in [0.15, 0.2) is 0 Å². The number of allylic oxidation sites excluding steroid dienone is 2. The van der Waals surface area contributed by atoms with Crippen molar-refractivity contribution in [3.63, 3.8) is 0 Å². The average Bonchev–Trinajstić information content (AvgIpc) is 3.38. The van der Waals surface area contributed by atoms with Gasteiger partial charge < -0.3 is 13.6 Å². The first-order chi connectivity index (χ1) is 19.3. The lowest BCUT2D eigenvalue weighted by atomic mass is 9.84. The third-order valence-corrected chi connectivity index (χ3v) is 9.70. The Morgan fingerprint density at radius 2 is 1.35 bits per heavy atom. The number of para-hydroxylation sites is 2. The molecule has 0 fully saturated rings. The van der Waals surface area contributed by atoms with E-state index in [1.165, 1.54) is 3.97 Å². The molecule has 0 saturated heterocycles. The Balaban J connectivity index is 1.26. The first-order valence-electron chi connectivity index (χ1n) is 12.7. The molecule has 1 aromatic heterocycles. The first kappa shape index (κ1) is 26.0. The van der Waals surface area contributed by atoms with Crippen LogP contribution in [0.3, 0.4) is 0 Å². The van der Waals surface area contributed by atoms with Crippen molar-refractivity contribution in [2.24, 2.45) is 0 Å². The van der Waals surface area contributed by atoms with Crippen molar-refractivity contribution in [1.29, 1.82) is 0 Å². The SMILES string of the molecule is Cc1ccc(S(=O)(=O)n2ccc3c([C@H]4C=C(OP(=O)(Oc5ccccc5)Oc5ccccc5)C4)cccc32)cc1. The van der Waals surface area contributed by atoms with Gasteiger partial charge in [0.25, 0.3) is 10.0 Å². The van der Waals surface area contributed by atoms with Gasteiger partial charge >= 0.3 is 7.82 Å². The molecular formula is C31H26NO6PS. The molecule has 0 N–H and O–H groups in total. The van der Waals surface area contributed by atoms with E-state index < -0.39 is 17.8 Å². The van der Waals surface area contributed by atoms with Crippen LogP contribution in [0.4, 0.5) is 0 Å². The highest BCUT2D eigenvalue weighted by molar-refractivity contribution is 7.90. The van der Waals surface area contributed by atoms with E-state index in [1.807, 2.05) is 43.3 Å². The van der Waals surface area contributed by atoms with E-state index >= 15 is 0 Å². The Hall–Kier alpha value is -4.26. The van der Waals surface area contributed by atoms with Crippen molar-refractivity contribution in [3.8, 4) is 11.5 Å². The van der Waals surface area contributed by atoms with Gasteiger partial charge in [0.2, 0.25) is 0 Å². The number of aromatic nitrogens is 1. The van der Waals surface area contributed by atoms with Crippen LogP contribution < -0.4 is 9.05 Å². The normalized spacial score (nSPS) is 15.2. The van der Waals surface area contributed by atoms with E-state index in [9.17, 15) is 13.0 Å². The summed E-state index contributed by atoms with van der Waals surface area (Å²) in [5, 5.41) is 0.822. The molecule has 1 aliphatic rings. The summed E-state index contributed by atoms with van der Waals surface area (Å²) in [6.45, 7) is 1.92. The number of fused-ring (bicyclic) bond motifs is 1. The summed E-state index contributed by atoms with van der Waals surface area (Å²) < 4.78 is 59.0. The largest absolute Gasteiger partial charge is 0.646 e. The van der Waals surface area contributed by atoms with Crippen molar-refractivity contribution < 1.29 is 26.6 Å². The third kappa shape index (κ3) is 5.16. The van der Waals surface area contributed by atoms with Crippen LogP contribution in [0.25, 0.3) is 10.9 Å². The van der Waals surface area contributed by atoms with Gasteiger partial charge in [-0.1, -0.05) is 66.2 Å². The highest BCUT2D eigenvalue weighted by atomic mass is 32.2. The van der Waals surface area contributed by atoms with Crippen LogP contribution >= 0.6 is 7.82 Å². The number of aryl methyl sites for hydroxylation is 1. The lowest BCUT2D eigenvalue weighted by Gasteiger charge is -2.28. The third-order valence-electron chi connectivity index (χ3n) is 6.67. The fraction of sp³-hybridized carbons (Fsp3) is 0.0968. The van der Waals surface area contributed by atoms with Crippen molar-refractivity contribution in [2.45, 2.75) is 24.2 Å². The van der Waals surface area contributed by atoms with Crippen LogP contribution in [-0.4, -0.2) is 12.4 Å². The van der Waals surface area contributed by atoms with Gasteiger partial charge in [-0.25, -0.2) is 12.4 Å². The topological polar surface area (TPSA) is 83.8 Å². The second-order valence-corrected chi connectivity index (χ2v) is 12.8. The second kappa shape index (κ2) is 10.4. The van der Waals surface area contributed by atoms with Crippen LogP contribution in [-0.2, 0) is 19.1 Å². The summed E-state index contributed by atoms with van der Waals surface area (Å²) >= 11 is 0. The number of phosphoric ester groups is 1. The molecule has 1 heterocycles. The average molecular weight is 572 g/mol. The number of phosphoric acid groups is 1. The van der Waals surface area contributed by atoms with Gasteiger partial charge in [-0.15, -0.1) is 0 Å². The minimum Gasteiger partial charge on any atom is -0.391 e. The summed E-state index contributed by atoms with van der Waals surface area (Å²) in [6, 6.07) is 31.7. The molecule has 0 unspecified atom stereocenters. The molecule has 0 spiro atoms. The summed E-state index contributed by atoms with van der Waals surface area (Å²) in [7, 11) is -7.82. The Morgan fingerprint density at radius 1 is 0.750 bits per heavy atom. The van der Waals surface area contributed by atoms with E-state index in [1.54, 1.807) is 85.1 Å². The predicted octanol–water partition coefficient (Wildman–Crippen LogP) is 7.84. The summed E-state index contributed by atoms with van der Waals surface area (Å²) in [4.78, 5) is 0.229. The van der Waals surface area contributed by atoms with Gasteiger partial charge in [-0.3, -0.25) is 0 Å². The quantitative estimate of drug-likeness (QED) is 0.168. The first-order valence-corrected chi connectivity index (χ1v) is 15.6. The standard InChI is InChI=1S/C31H26NO6PS/c1-23-15-17-28(18-16-23)40(34,35)32-20-19-30-29(13-8-14-31(30)32)24-21-27(22-24)38-39(33,36-25-9-4-2-5-10-25)37-26-11-6-3-7-12-26/h2-21,24H,22H2,1H3/t24-/m0/s1. The van der Waals surface area contributed by atoms with Gasteiger partial charge in [0.1, 0.15) is 17.3 Å². The molecular weight excluding hydrogens is 545 g/mol. The van der Waals surface area contributed by atoms with Crippen LogP contribution in [0.1, 0.15) is 23.5 Å². The second-order valence-electron chi connectivity index (χ2n) is 9.50. The smallest absolute Gasteiger partial charge is 0.391 e. The van der Waals surface area contributed by atoms with Crippen LogP contribution in [0.2, 0.25) is 0 Å². The molecule has 9 heteroatoms. The summed E-state index contributed by atoms with van der Waals surface area (Å²) in [5.41, 5.74) is 2.53. The zero-order valence-corrected chi connectivity index (χ0v) is 23.3. The van der Waals surface area contributed by atoms with E-state index in [4.69, 9.17) is 13.6 Å². The predicted molar refractivity (Wildman–Crippen MR) is 154 cm³/mol. The van der Waals surface area contributed by atoms with Gasteiger partial charge in [0.05, 0.1) is 10.4 Å². The van der Waals surface area contributed by atoms with Crippen molar-refractivity contribution in [2.75, 3.05) is 0 Å². The molecule has 7 nitrogen and oxygen atoms in total. The monoisotopic (exact) mass is 571 g/mol. The van der Waals surface area contributed by atoms with Gasteiger partial charge in [-0.05, 0) is 67.1 Å². The summed E-state index contributed by atoms with van der Waals surface area (Å²) in [6.07, 6.45) is 3.89. The fourth-order valence-electron chi connectivity index (χ4n) is 4.62. The minimum atomic E-state index is -4.06. The van der Waals surface area contributed by atoms with Gasteiger partial charge in [-0.2, -0.15) is 4.57 Å². The fourth-order valence-corrected chi connectivity index (χ4v) is 7.26. The van der Waals surface area contributed by atoms with Crippen LogP contribution in [0, 0.1) is 6.92 Å². The number of hydrogen-bond acceptors (Lipinski definition) is 6. The lowest BCUT2D eigenvalue weighted by Crippen LogP contribution is -2.14. The Morgan fingerprint density at radius 3 is 1.95 bits per heavy atom. The maximum atomic E-state index is 13.7. The van der Waals surface area contributed by atoms with E-state index in [2.05, 4.69) is 0 Å². The molecule has 6 rings (SSSR count). The maximum Gasteiger partial charge on any atom is 0.646 e. The number of hydrogen-bond donors (Lipinski definition) is 0. The molecule has 1 aliphatic carbocycles. The van der Waals surface area contributed by atoms with Crippen molar-refractivity contribution in [3.05, 3.63) is 138 Å². The van der Waals surface area contributed by atoms with E-state index in [-0.39, 0.29) is 10.8 Å². The minimum absolute atomic E-state index is 0.0569. The maximum absolute atomic E-state index is 13.7. The molecule has 5 aromatic rings. The van der Waals surface area contributed by atoms with Crippen molar-refractivity contribution >= 4 is 28.7 Å². The molecule has 1 atom stereocenters. The van der Waals surface area contributed by atoms with Crippen molar-refractivity contribution in [1.82, 2.24) is 3.97 Å². The Bertz CT molecular complexity index is 1800. The molecule has 4 aromatic carbocycles. The molecule has 0 aliphatic heterocycles. The van der Waals surface area contributed by atoms with E-state index in [0.29, 0.717) is 29.2 Å². The molecule has 0 saturated carbocycles. The van der Waals surface area contributed by atoms with Crippen LogP contribution in [0.15, 0.2) is 132 Å². The Kier molecular flexibility index (Phi) is 6.74. The highest BCUT2D eigenvalue weighted by Crippen LogP contribution is 2.54. The highest BCUT2D eigenvalue weighted by Gasteiger charge is 2.37. The van der Waals surface area contributed by atoms with E-state index in [0.717, 1.165) is 16.5 Å². The van der Waals surface area contributed by atoms with Crippen LogP contribution in [0.5, 0.6) is 11.5 Å². The molecule has 0 radical (unpaired) electrons. The zero-order valence-electron chi connectivity index (χ0n) is 21.6. The number of nitrogens with zero attached hydrogens (tertiary/aromatic N) is 1. The number of benzene rings is 4. The molecule has 0 amide bonds. The number of rotatable bonds is 9. The molecule has 0 bridgehead atoms. The molecule has 40 heavy (non-hydrogen) atoms. The summed E-state index contributed by atoms with van der Waals surface area (Å²) in [5.74, 6) is 1.14. The molecule has 202 valence electrons. The Labute approximate surface area is 232 Å². The lowest BCUT2D eigenvalue weighted by molar-refractivity contribution is 0.239. The van der Waals surface area contributed by atoms with Gasteiger partial charge in [0, 0.05) is 23.9 Å². The zero-order chi connectivity index (χ0) is 27.7.